The van der Waals surface area contributed by atoms with Crippen LogP contribution >= 0.6 is 0 Å². The SMILES string of the molecule is CC.CCNc1cc(C)cc2c1[nH]c1ncc(-c3cncc(CC(N)=O)c3)c(-n3ccc(C(F)(F)F)n3)c12. The summed E-state index contributed by atoms with van der Waals surface area (Å²) in [6.45, 7) is 8.61. The van der Waals surface area contributed by atoms with Crippen LogP contribution in [0.3, 0.4) is 0 Å². The Morgan fingerprint density at radius 1 is 1.16 bits per heavy atom. The third-order valence-electron chi connectivity index (χ3n) is 5.81. The van der Waals surface area contributed by atoms with E-state index >= 15 is 0 Å². The molecule has 1 aromatic carbocycles. The van der Waals surface area contributed by atoms with Gasteiger partial charge >= 0.3 is 6.18 Å². The molecule has 0 aliphatic rings. The average molecular weight is 524 g/mol. The first kappa shape index (κ1) is 26.6. The number of nitrogens with two attached hydrogens (primary N) is 1. The summed E-state index contributed by atoms with van der Waals surface area (Å²) in [5.41, 5.74) is 9.50. The van der Waals surface area contributed by atoms with Gasteiger partial charge in [-0.05, 0) is 49.2 Å². The monoisotopic (exact) mass is 523 g/mol. The molecule has 0 aliphatic heterocycles. The summed E-state index contributed by atoms with van der Waals surface area (Å²) < 4.78 is 41.6. The van der Waals surface area contributed by atoms with E-state index < -0.39 is 17.8 Å². The first-order valence-corrected chi connectivity index (χ1v) is 12.2. The van der Waals surface area contributed by atoms with Gasteiger partial charge in [-0.15, -0.1) is 0 Å². The summed E-state index contributed by atoms with van der Waals surface area (Å²) in [6.07, 6.45) is 1.30. The van der Waals surface area contributed by atoms with Crippen molar-refractivity contribution in [3.05, 3.63) is 65.9 Å². The van der Waals surface area contributed by atoms with Crippen LogP contribution in [0, 0.1) is 6.92 Å². The summed E-state index contributed by atoms with van der Waals surface area (Å²) in [4.78, 5) is 23.6. The average Bonchev–Trinajstić information content (AvgIpc) is 3.50. The number of fused-ring (bicyclic) bond motifs is 3. The summed E-state index contributed by atoms with van der Waals surface area (Å²) in [5.74, 6) is -0.521. The number of primary amides is 1. The van der Waals surface area contributed by atoms with Gasteiger partial charge in [0.15, 0.2) is 5.69 Å². The number of rotatable bonds is 6. The number of alkyl halides is 3. The van der Waals surface area contributed by atoms with Crippen molar-refractivity contribution >= 4 is 33.5 Å². The molecular formula is C27H28F3N7O. The first-order valence-electron chi connectivity index (χ1n) is 12.2. The third-order valence-corrected chi connectivity index (χ3v) is 5.81. The van der Waals surface area contributed by atoms with E-state index in [4.69, 9.17) is 5.73 Å². The molecule has 0 radical (unpaired) electrons. The van der Waals surface area contributed by atoms with Gasteiger partial charge in [-0.25, -0.2) is 9.67 Å². The highest BCUT2D eigenvalue weighted by Crippen LogP contribution is 2.39. The van der Waals surface area contributed by atoms with Crippen molar-refractivity contribution in [2.24, 2.45) is 5.73 Å². The van der Waals surface area contributed by atoms with Crippen molar-refractivity contribution in [3.8, 4) is 16.8 Å². The lowest BCUT2D eigenvalue weighted by Gasteiger charge is -2.13. The molecule has 0 aliphatic carbocycles. The number of hydrogen-bond donors (Lipinski definition) is 3. The number of hydrogen-bond acceptors (Lipinski definition) is 5. The number of carbonyl (C=O) groups is 1. The summed E-state index contributed by atoms with van der Waals surface area (Å²) >= 11 is 0. The Kier molecular flexibility index (Phi) is 7.38. The van der Waals surface area contributed by atoms with Crippen LogP contribution in [-0.2, 0) is 17.4 Å². The molecule has 0 unspecified atom stereocenters. The van der Waals surface area contributed by atoms with E-state index in [-0.39, 0.29) is 6.42 Å². The number of halogens is 3. The topological polar surface area (TPSA) is 115 Å². The van der Waals surface area contributed by atoms with Crippen LogP contribution < -0.4 is 11.1 Å². The molecule has 0 spiro atoms. The molecule has 4 heterocycles. The van der Waals surface area contributed by atoms with Crippen molar-refractivity contribution in [1.29, 1.82) is 0 Å². The Morgan fingerprint density at radius 3 is 2.58 bits per heavy atom. The first-order chi connectivity index (χ1) is 18.2. The fraction of sp³-hybridized carbons (Fsp3) is 0.259. The van der Waals surface area contributed by atoms with Crippen LogP contribution in [0.1, 0.15) is 37.6 Å². The van der Waals surface area contributed by atoms with Crippen molar-refractivity contribution in [3.63, 3.8) is 0 Å². The molecule has 0 bridgehead atoms. The number of amides is 1. The van der Waals surface area contributed by atoms with Crippen LogP contribution in [0.5, 0.6) is 0 Å². The van der Waals surface area contributed by atoms with Crippen LogP contribution in [-0.4, -0.2) is 37.2 Å². The second-order valence-electron chi connectivity index (χ2n) is 8.50. The lowest BCUT2D eigenvalue weighted by atomic mass is 10.0. The van der Waals surface area contributed by atoms with Crippen LogP contribution in [0.25, 0.3) is 38.8 Å². The van der Waals surface area contributed by atoms with E-state index in [2.05, 4.69) is 25.4 Å². The van der Waals surface area contributed by atoms with Crippen molar-refractivity contribution in [1.82, 2.24) is 24.7 Å². The normalized spacial score (nSPS) is 11.4. The smallest absolute Gasteiger partial charge is 0.384 e. The van der Waals surface area contributed by atoms with Gasteiger partial charge in [0.2, 0.25) is 5.91 Å². The van der Waals surface area contributed by atoms with E-state index in [0.29, 0.717) is 40.0 Å². The van der Waals surface area contributed by atoms with Gasteiger partial charge in [0, 0.05) is 47.8 Å². The maximum atomic E-state index is 13.5. The summed E-state index contributed by atoms with van der Waals surface area (Å²) in [7, 11) is 0. The molecule has 1 amide bonds. The van der Waals surface area contributed by atoms with E-state index in [1.165, 1.54) is 17.1 Å². The molecule has 11 heteroatoms. The minimum absolute atomic E-state index is 0.0236. The van der Waals surface area contributed by atoms with Crippen molar-refractivity contribution < 1.29 is 18.0 Å². The van der Waals surface area contributed by atoms with Gasteiger partial charge in [0.25, 0.3) is 0 Å². The number of aromatic nitrogens is 5. The van der Waals surface area contributed by atoms with E-state index in [9.17, 15) is 18.0 Å². The molecule has 0 saturated heterocycles. The Hall–Kier alpha value is -4.41. The number of aryl methyl sites for hydroxylation is 1. The standard InChI is InChI=1S/C25H22F3N7O.C2H6/c1-3-31-18-7-13(2)6-16-21-23(35-5-4-19(34-35)25(26,27)28)17(12-32-24(21)33-22(16)18)15-8-14(9-20(29)36)10-30-11-15;1-2/h4-8,10-12,31H,3,9H2,1-2H3,(H2,29,36)(H,32,33);1-2H3. The lowest BCUT2D eigenvalue weighted by Crippen LogP contribution is -2.13. The molecular weight excluding hydrogens is 495 g/mol. The number of nitrogens with one attached hydrogen (secondary N) is 2. The van der Waals surface area contributed by atoms with Gasteiger partial charge in [-0.1, -0.05) is 13.8 Å². The molecule has 4 aromatic heterocycles. The minimum atomic E-state index is -4.60. The number of benzene rings is 1. The number of aromatic amines is 1. The largest absolute Gasteiger partial charge is 0.435 e. The van der Waals surface area contributed by atoms with Crippen molar-refractivity contribution in [2.75, 3.05) is 11.9 Å². The Balaban J connectivity index is 0.00000164. The summed E-state index contributed by atoms with van der Waals surface area (Å²) in [5, 5.41) is 8.59. The zero-order valence-corrected chi connectivity index (χ0v) is 21.4. The van der Waals surface area contributed by atoms with Crippen LogP contribution in [0.4, 0.5) is 18.9 Å². The molecule has 8 nitrogen and oxygen atoms in total. The zero-order chi connectivity index (χ0) is 27.6. The number of anilines is 1. The van der Waals surface area contributed by atoms with Crippen LogP contribution in [0.15, 0.2) is 49.1 Å². The lowest BCUT2D eigenvalue weighted by molar-refractivity contribution is -0.141. The fourth-order valence-electron chi connectivity index (χ4n) is 4.40. The summed E-state index contributed by atoms with van der Waals surface area (Å²) in [6, 6.07) is 6.61. The molecule has 38 heavy (non-hydrogen) atoms. The highest BCUT2D eigenvalue weighted by Gasteiger charge is 2.34. The Bertz CT molecular complexity index is 1620. The highest BCUT2D eigenvalue weighted by atomic mass is 19.4. The van der Waals surface area contributed by atoms with Gasteiger partial charge in [-0.2, -0.15) is 18.3 Å². The number of carbonyl (C=O) groups excluding carboxylic acids is 1. The molecule has 4 N–H and O–H groups in total. The maximum Gasteiger partial charge on any atom is 0.435 e. The minimum Gasteiger partial charge on any atom is -0.384 e. The van der Waals surface area contributed by atoms with Crippen LogP contribution in [0.2, 0.25) is 0 Å². The number of nitrogens with zero attached hydrogens (tertiary/aromatic N) is 4. The van der Waals surface area contributed by atoms with Crippen molar-refractivity contribution in [2.45, 2.75) is 40.3 Å². The number of H-pyrrole nitrogens is 1. The van der Waals surface area contributed by atoms with Gasteiger partial charge < -0.3 is 16.0 Å². The predicted molar refractivity (Wildman–Crippen MR) is 142 cm³/mol. The number of pyridine rings is 2. The molecule has 5 rings (SSSR count). The molecule has 5 aromatic rings. The predicted octanol–water partition coefficient (Wildman–Crippen LogP) is 5.78. The zero-order valence-electron chi connectivity index (χ0n) is 21.4. The second kappa shape index (κ2) is 10.5. The second-order valence-corrected chi connectivity index (χ2v) is 8.50. The quantitative estimate of drug-likeness (QED) is 0.261. The van der Waals surface area contributed by atoms with Gasteiger partial charge in [0.1, 0.15) is 5.65 Å². The molecule has 198 valence electrons. The Labute approximate surface area is 217 Å². The highest BCUT2D eigenvalue weighted by molar-refractivity contribution is 6.15. The van der Waals surface area contributed by atoms with E-state index in [1.807, 2.05) is 39.8 Å². The third kappa shape index (κ3) is 5.04. The van der Waals surface area contributed by atoms with E-state index in [1.54, 1.807) is 18.5 Å². The van der Waals surface area contributed by atoms with Gasteiger partial charge in [-0.3, -0.25) is 9.78 Å². The molecule has 0 atom stereocenters. The molecule has 0 saturated carbocycles. The molecule has 0 fully saturated rings. The Morgan fingerprint density at radius 2 is 1.92 bits per heavy atom. The van der Waals surface area contributed by atoms with Gasteiger partial charge in [0.05, 0.1) is 28.7 Å². The fourth-order valence-corrected chi connectivity index (χ4v) is 4.40. The maximum absolute atomic E-state index is 13.5. The van der Waals surface area contributed by atoms with E-state index in [0.717, 1.165) is 28.2 Å².